The first-order valence-electron chi connectivity index (χ1n) is 6.92. The van der Waals surface area contributed by atoms with Crippen molar-refractivity contribution in [3.63, 3.8) is 0 Å². The van der Waals surface area contributed by atoms with Gasteiger partial charge in [0, 0.05) is 13.1 Å². The molecule has 0 unspecified atom stereocenters. The molecule has 1 fully saturated rings. The number of nitriles is 1. The number of hydrogen-bond donors (Lipinski definition) is 0. The Morgan fingerprint density at radius 2 is 1.80 bits per heavy atom. The molecule has 0 aliphatic carbocycles. The van der Waals surface area contributed by atoms with Crippen LogP contribution in [0.3, 0.4) is 0 Å². The maximum absolute atomic E-state index is 12.5. The molecule has 0 radical (unpaired) electrons. The fraction of sp³-hybridized carbons (Fsp3) is 0.533. The van der Waals surface area contributed by atoms with Crippen LogP contribution in [0.1, 0.15) is 38.7 Å². The number of sulfonamides is 1. The van der Waals surface area contributed by atoms with E-state index in [-0.39, 0.29) is 10.3 Å². The van der Waals surface area contributed by atoms with Crippen molar-refractivity contribution in [2.45, 2.75) is 38.0 Å². The SMILES string of the molecule is CCC1(C)CCN(S(=O)(=O)c2ccc(C#N)cc2)CC1. The average molecular weight is 292 g/mol. The van der Waals surface area contributed by atoms with Crippen LogP contribution in [0.25, 0.3) is 0 Å². The predicted octanol–water partition coefficient (Wildman–Crippen LogP) is 2.76. The standard InChI is InChI=1S/C15H20N2O2S/c1-3-15(2)8-10-17(11-9-15)20(18,19)14-6-4-13(12-16)5-7-14/h4-7H,3,8-11H2,1-2H3. The largest absolute Gasteiger partial charge is 0.243 e. The molecule has 4 nitrogen and oxygen atoms in total. The van der Waals surface area contributed by atoms with Crippen LogP contribution in [0.2, 0.25) is 0 Å². The van der Waals surface area contributed by atoms with Crippen molar-refractivity contribution < 1.29 is 8.42 Å². The van der Waals surface area contributed by atoms with Gasteiger partial charge in [-0.2, -0.15) is 9.57 Å². The summed E-state index contributed by atoms with van der Waals surface area (Å²) in [5, 5.41) is 8.75. The molecular formula is C15H20N2O2S. The minimum Gasteiger partial charge on any atom is -0.207 e. The molecule has 1 aliphatic heterocycles. The van der Waals surface area contributed by atoms with Gasteiger partial charge in [-0.3, -0.25) is 0 Å². The summed E-state index contributed by atoms with van der Waals surface area (Å²) in [6, 6.07) is 8.12. The molecule has 0 spiro atoms. The van der Waals surface area contributed by atoms with Gasteiger partial charge in [0.1, 0.15) is 0 Å². The van der Waals surface area contributed by atoms with E-state index in [4.69, 9.17) is 5.26 Å². The molecule has 0 atom stereocenters. The lowest BCUT2D eigenvalue weighted by molar-refractivity contribution is 0.169. The molecule has 1 aromatic carbocycles. The first-order chi connectivity index (χ1) is 9.41. The zero-order valence-electron chi connectivity index (χ0n) is 12.0. The molecule has 0 saturated carbocycles. The maximum Gasteiger partial charge on any atom is 0.243 e. The Bertz CT molecular complexity index is 606. The van der Waals surface area contributed by atoms with Crippen molar-refractivity contribution in [2.75, 3.05) is 13.1 Å². The summed E-state index contributed by atoms with van der Waals surface area (Å²) in [6.45, 7) is 5.53. The molecule has 108 valence electrons. The Labute approximate surface area is 121 Å². The fourth-order valence-electron chi connectivity index (χ4n) is 2.47. The molecule has 1 saturated heterocycles. The van der Waals surface area contributed by atoms with Gasteiger partial charge in [-0.25, -0.2) is 8.42 Å². The Morgan fingerprint density at radius 1 is 1.25 bits per heavy atom. The van der Waals surface area contributed by atoms with Crippen molar-refractivity contribution in [1.29, 1.82) is 5.26 Å². The molecule has 2 rings (SSSR count). The van der Waals surface area contributed by atoms with Crippen LogP contribution in [0.4, 0.5) is 0 Å². The lowest BCUT2D eigenvalue weighted by atomic mass is 9.79. The average Bonchev–Trinajstić information content (AvgIpc) is 2.48. The highest BCUT2D eigenvalue weighted by Gasteiger charge is 2.34. The number of rotatable bonds is 3. The van der Waals surface area contributed by atoms with E-state index in [0.717, 1.165) is 19.3 Å². The van der Waals surface area contributed by atoms with E-state index >= 15 is 0 Å². The number of piperidine rings is 1. The van der Waals surface area contributed by atoms with Gasteiger partial charge in [0.15, 0.2) is 0 Å². The van der Waals surface area contributed by atoms with E-state index in [1.807, 2.05) is 6.07 Å². The van der Waals surface area contributed by atoms with Crippen molar-refractivity contribution in [2.24, 2.45) is 5.41 Å². The van der Waals surface area contributed by atoms with E-state index in [1.165, 1.54) is 12.1 Å². The molecular weight excluding hydrogens is 272 g/mol. The summed E-state index contributed by atoms with van der Waals surface area (Å²) in [7, 11) is -3.42. The summed E-state index contributed by atoms with van der Waals surface area (Å²) in [5.74, 6) is 0. The van der Waals surface area contributed by atoms with Crippen LogP contribution in [0, 0.1) is 16.7 Å². The second kappa shape index (κ2) is 5.55. The van der Waals surface area contributed by atoms with Gasteiger partial charge in [-0.05, 0) is 42.5 Å². The zero-order valence-corrected chi connectivity index (χ0v) is 12.8. The molecule has 1 heterocycles. The van der Waals surface area contributed by atoms with Gasteiger partial charge in [0.05, 0.1) is 16.5 Å². The van der Waals surface area contributed by atoms with Crippen LogP contribution in [0.15, 0.2) is 29.2 Å². The fourth-order valence-corrected chi connectivity index (χ4v) is 3.91. The monoisotopic (exact) mass is 292 g/mol. The van der Waals surface area contributed by atoms with Gasteiger partial charge in [0.2, 0.25) is 10.0 Å². The third-order valence-electron chi connectivity index (χ3n) is 4.40. The second-order valence-corrected chi connectivity index (χ2v) is 7.64. The van der Waals surface area contributed by atoms with Crippen molar-refractivity contribution >= 4 is 10.0 Å². The first-order valence-corrected chi connectivity index (χ1v) is 8.36. The number of nitrogens with zero attached hydrogens (tertiary/aromatic N) is 2. The summed E-state index contributed by atoms with van der Waals surface area (Å²) in [5.41, 5.74) is 0.734. The van der Waals surface area contributed by atoms with E-state index in [0.29, 0.717) is 18.7 Å². The highest BCUT2D eigenvalue weighted by atomic mass is 32.2. The zero-order chi connectivity index (χ0) is 14.8. The van der Waals surface area contributed by atoms with Crippen LogP contribution in [-0.4, -0.2) is 25.8 Å². The molecule has 5 heteroatoms. The van der Waals surface area contributed by atoms with Gasteiger partial charge >= 0.3 is 0 Å². The van der Waals surface area contributed by atoms with E-state index in [9.17, 15) is 8.42 Å². The predicted molar refractivity (Wildman–Crippen MR) is 77.5 cm³/mol. The number of hydrogen-bond acceptors (Lipinski definition) is 3. The summed E-state index contributed by atoms with van der Waals surface area (Å²) >= 11 is 0. The highest BCUT2D eigenvalue weighted by molar-refractivity contribution is 7.89. The van der Waals surface area contributed by atoms with Crippen molar-refractivity contribution in [3.8, 4) is 6.07 Å². The van der Waals surface area contributed by atoms with E-state index < -0.39 is 10.0 Å². The van der Waals surface area contributed by atoms with Gasteiger partial charge < -0.3 is 0 Å². The number of benzene rings is 1. The van der Waals surface area contributed by atoms with Crippen molar-refractivity contribution in [3.05, 3.63) is 29.8 Å². The summed E-state index contributed by atoms with van der Waals surface area (Å²) in [6.07, 6.45) is 2.88. The maximum atomic E-state index is 12.5. The Morgan fingerprint density at radius 3 is 2.25 bits per heavy atom. The highest BCUT2D eigenvalue weighted by Crippen LogP contribution is 2.35. The molecule has 0 aromatic heterocycles. The molecule has 1 aromatic rings. The Kier molecular flexibility index (Phi) is 4.17. The van der Waals surface area contributed by atoms with Gasteiger partial charge in [-0.15, -0.1) is 0 Å². The smallest absolute Gasteiger partial charge is 0.207 e. The second-order valence-electron chi connectivity index (χ2n) is 5.70. The quantitative estimate of drug-likeness (QED) is 0.860. The molecule has 0 amide bonds. The molecule has 0 bridgehead atoms. The van der Waals surface area contributed by atoms with Gasteiger partial charge in [-0.1, -0.05) is 20.3 Å². The minimum absolute atomic E-state index is 0.261. The molecule has 1 aliphatic rings. The van der Waals surface area contributed by atoms with E-state index in [2.05, 4.69) is 13.8 Å². The summed E-state index contributed by atoms with van der Waals surface area (Å²) in [4.78, 5) is 0.275. The van der Waals surface area contributed by atoms with Crippen LogP contribution in [0.5, 0.6) is 0 Å². The van der Waals surface area contributed by atoms with E-state index in [1.54, 1.807) is 16.4 Å². The van der Waals surface area contributed by atoms with Crippen molar-refractivity contribution in [1.82, 2.24) is 4.31 Å². The molecule has 0 N–H and O–H groups in total. The minimum atomic E-state index is -3.42. The molecule has 20 heavy (non-hydrogen) atoms. The lowest BCUT2D eigenvalue weighted by Crippen LogP contribution is -2.41. The Balaban J connectivity index is 2.17. The van der Waals surface area contributed by atoms with Crippen LogP contribution in [-0.2, 0) is 10.0 Å². The third-order valence-corrected chi connectivity index (χ3v) is 6.32. The summed E-state index contributed by atoms with van der Waals surface area (Å²) < 4.78 is 26.6. The normalized spacial score (nSPS) is 19.4. The Hall–Kier alpha value is -1.38. The van der Waals surface area contributed by atoms with Crippen LogP contribution < -0.4 is 0 Å². The van der Waals surface area contributed by atoms with Crippen LogP contribution >= 0.6 is 0 Å². The van der Waals surface area contributed by atoms with Gasteiger partial charge in [0.25, 0.3) is 0 Å². The lowest BCUT2D eigenvalue weighted by Gasteiger charge is -2.38. The topological polar surface area (TPSA) is 61.2 Å². The first kappa shape index (κ1) is 15.0. The third kappa shape index (κ3) is 2.87.